The van der Waals surface area contributed by atoms with E-state index >= 15 is 0 Å². The van der Waals surface area contributed by atoms with Gasteiger partial charge in [-0.25, -0.2) is 13.4 Å². The molecule has 1 aromatic heterocycles. The summed E-state index contributed by atoms with van der Waals surface area (Å²) in [5, 5.41) is 6.42. The number of guanidine groups is 1. The molecule has 1 heterocycles. The number of aliphatic imine (C=N–C) groups is 1. The maximum atomic E-state index is 11.0. The van der Waals surface area contributed by atoms with Crippen molar-refractivity contribution in [2.24, 2.45) is 4.99 Å². The molecule has 0 saturated carbocycles. The van der Waals surface area contributed by atoms with Crippen LogP contribution in [0.5, 0.6) is 0 Å². The zero-order valence-electron chi connectivity index (χ0n) is 16.6. The predicted molar refractivity (Wildman–Crippen MR) is 124 cm³/mol. The van der Waals surface area contributed by atoms with E-state index in [4.69, 9.17) is 4.74 Å². The van der Waals surface area contributed by atoms with Gasteiger partial charge in [0.15, 0.2) is 5.96 Å². The minimum Gasteiger partial charge on any atom is -0.379 e. The Morgan fingerprint density at radius 3 is 2.64 bits per heavy atom. The number of aromatic nitrogens is 2. The van der Waals surface area contributed by atoms with Gasteiger partial charge in [-0.2, -0.15) is 0 Å². The molecular formula is C18H30IN5O3S. The second-order valence-corrected chi connectivity index (χ2v) is 8.58. The summed E-state index contributed by atoms with van der Waals surface area (Å²) < 4.78 is 29.6. The molecule has 0 aliphatic rings. The van der Waals surface area contributed by atoms with E-state index < -0.39 is 9.84 Å². The van der Waals surface area contributed by atoms with Crippen LogP contribution in [0.3, 0.4) is 0 Å². The molecule has 2 rings (SSSR count). The zero-order valence-corrected chi connectivity index (χ0v) is 19.8. The second-order valence-electron chi connectivity index (χ2n) is 6.32. The topological polar surface area (TPSA) is 97.6 Å². The van der Waals surface area contributed by atoms with Crippen LogP contribution in [0.1, 0.15) is 12.2 Å². The van der Waals surface area contributed by atoms with E-state index in [1.165, 1.54) is 6.26 Å². The highest BCUT2D eigenvalue weighted by atomic mass is 127. The lowest BCUT2D eigenvalue weighted by Gasteiger charge is -2.13. The van der Waals surface area contributed by atoms with Gasteiger partial charge in [0.1, 0.15) is 15.7 Å². The number of benzene rings is 1. The Morgan fingerprint density at radius 1 is 1.21 bits per heavy atom. The highest BCUT2D eigenvalue weighted by Crippen LogP contribution is 2.15. The molecule has 0 saturated heterocycles. The second kappa shape index (κ2) is 12.2. The summed E-state index contributed by atoms with van der Waals surface area (Å²) in [6.07, 6.45) is 2.14. The van der Waals surface area contributed by atoms with Crippen molar-refractivity contribution in [3.8, 4) is 0 Å². The lowest BCUT2D eigenvalue weighted by molar-refractivity contribution is 0.154. The van der Waals surface area contributed by atoms with E-state index in [9.17, 15) is 8.42 Å². The highest BCUT2D eigenvalue weighted by molar-refractivity contribution is 14.0. The molecular weight excluding hydrogens is 493 g/mol. The molecule has 0 aliphatic carbocycles. The smallest absolute Gasteiger partial charge is 0.191 e. The van der Waals surface area contributed by atoms with E-state index in [0.717, 1.165) is 36.4 Å². The number of imidazole rings is 1. The number of ether oxygens (including phenoxy) is 1. The first-order valence-corrected chi connectivity index (χ1v) is 11.1. The highest BCUT2D eigenvalue weighted by Gasteiger charge is 2.06. The first-order valence-electron chi connectivity index (χ1n) is 9.02. The van der Waals surface area contributed by atoms with Crippen molar-refractivity contribution in [3.63, 3.8) is 0 Å². The molecule has 0 atom stereocenters. The lowest BCUT2D eigenvalue weighted by atomic mass is 10.3. The van der Waals surface area contributed by atoms with Crippen molar-refractivity contribution in [1.82, 2.24) is 20.2 Å². The molecule has 158 valence electrons. The number of rotatable bonds is 10. The van der Waals surface area contributed by atoms with Crippen molar-refractivity contribution in [1.29, 1.82) is 0 Å². The van der Waals surface area contributed by atoms with Crippen molar-refractivity contribution in [3.05, 3.63) is 30.1 Å². The van der Waals surface area contributed by atoms with Crippen LogP contribution in [0.4, 0.5) is 0 Å². The van der Waals surface area contributed by atoms with Crippen molar-refractivity contribution in [2.45, 2.75) is 19.9 Å². The van der Waals surface area contributed by atoms with Gasteiger partial charge in [0.2, 0.25) is 0 Å². The van der Waals surface area contributed by atoms with Crippen LogP contribution in [0.15, 0.2) is 29.3 Å². The number of hydrogen-bond acceptors (Lipinski definition) is 5. The third-order valence-corrected chi connectivity index (χ3v) is 4.97. The molecule has 0 bridgehead atoms. The summed E-state index contributed by atoms with van der Waals surface area (Å²) >= 11 is 0. The van der Waals surface area contributed by atoms with E-state index in [1.807, 2.05) is 25.1 Å². The van der Waals surface area contributed by atoms with Gasteiger partial charge >= 0.3 is 0 Å². The molecule has 0 fully saturated rings. The van der Waals surface area contributed by atoms with Gasteiger partial charge < -0.3 is 19.9 Å². The van der Waals surface area contributed by atoms with Gasteiger partial charge in [0, 0.05) is 32.9 Å². The Bertz CT molecular complexity index is 867. The van der Waals surface area contributed by atoms with Crippen LogP contribution < -0.4 is 10.6 Å². The Kier molecular flexibility index (Phi) is 10.8. The molecule has 2 aromatic rings. The fourth-order valence-electron chi connectivity index (χ4n) is 2.70. The average molecular weight is 523 g/mol. The summed E-state index contributed by atoms with van der Waals surface area (Å²) in [5.74, 6) is 1.77. The van der Waals surface area contributed by atoms with Crippen molar-refractivity contribution in [2.75, 3.05) is 45.4 Å². The molecule has 0 aliphatic heterocycles. The third kappa shape index (κ3) is 8.31. The van der Waals surface area contributed by atoms with Gasteiger partial charge in [0.25, 0.3) is 0 Å². The summed E-state index contributed by atoms with van der Waals surface area (Å²) in [6.45, 7) is 4.89. The van der Waals surface area contributed by atoms with E-state index in [-0.39, 0.29) is 36.3 Å². The molecule has 0 amide bonds. The van der Waals surface area contributed by atoms with Gasteiger partial charge in [-0.05, 0) is 25.5 Å². The standard InChI is InChI=1S/C18H29N5O3S.HI/c1-15-22-16-7-4-5-8-17(16)23(15)11-6-9-20-18(19-2)21-10-12-26-13-14-27(3,24)25;/h4-5,7-8H,6,9-14H2,1-3H3,(H2,19,20,21);1H. The van der Waals surface area contributed by atoms with Crippen molar-refractivity contribution < 1.29 is 13.2 Å². The quantitative estimate of drug-likeness (QED) is 0.213. The maximum Gasteiger partial charge on any atom is 0.191 e. The number of hydrogen-bond donors (Lipinski definition) is 2. The van der Waals surface area contributed by atoms with Gasteiger partial charge in [0.05, 0.1) is 30.0 Å². The van der Waals surface area contributed by atoms with Crippen LogP contribution in [-0.4, -0.2) is 69.3 Å². The zero-order chi connectivity index (χ0) is 19.7. The normalized spacial score (nSPS) is 12.0. The Labute approximate surface area is 184 Å². The van der Waals surface area contributed by atoms with E-state index in [1.54, 1.807) is 7.05 Å². The van der Waals surface area contributed by atoms with Gasteiger partial charge in [-0.3, -0.25) is 4.99 Å². The maximum absolute atomic E-state index is 11.0. The average Bonchev–Trinajstić information content (AvgIpc) is 2.94. The number of sulfone groups is 1. The minimum absolute atomic E-state index is 0. The van der Waals surface area contributed by atoms with Gasteiger partial charge in [-0.1, -0.05) is 12.1 Å². The Hall–Kier alpha value is -1.40. The van der Waals surface area contributed by atoms with Gasteiger partial charge in [-0.15, -0.1) is 24.0 Å². The number of para-hydroxylation sites is 2. The summed E-state index contributed by atoms with van der Waals surface area (Å²) in [4.78, 5) is 8.75. The van der Waals surface area contributed by atoms with Crippen LogP contribution in [0.2, 0.25) is 0 Å². The van der Waals surface area contributed by atoms with E-state index in [2.05, 4.69) is 31.2 Å². The number of nitrogens with one attached hydrogen (secondary N) is 2. The molecule has 0 unspecified atom stereocenters. The first-order chi connectivity index (χ1) is 12.9. The van der Waals surface area contributed by atoms with Crippen LogP contribution >= 0.6 is 24.0 Å². The molecule has 28 heavy (non-hydrogen) atoms. The van der Waals surface area contributed by atoms with E-state index in [0.29, 0.717) is 19.1 Å². The fourth-order valence-corrected chi connectivity index (χ4v) is 3.12. The molecule has 2 N–H and O–H groups in total. The van der Waals surface area contributed by atoms with Crippen LogP contribution in [0.25, 0.3) is 11.0 Å². The summed E-state index contributed by atoms with van der Waals surface area (Å²) in [6, 6.07) is 8.15. The number of halogens is 1. The monoisotopic (exact) mass is 523 g/mol. The van der Waals surface area contributed by atoms with Crippen LogP contribution in [0, 0.1) is 6.92 Å². The first kappa shape index (κ1) is 24.6. The Morgan fingerprint density at radius 2 is 1.93 bits per heavy atom. The Balaban J connectivity index is 0.00000392. The minimum atomic E-state index is -2.97. The molecule has 0 radical (unpaired) electrons. The number of fused-ring (bicyclic) bond motifs is 1. The number of nitrogens with zero attached hydrogens (tertiary/aromatic N) is 3. The molecule has 10 heteroatoms. The number of aryl methyl sites for hydroxylation is 2. The fraction of sp³-hybridized carbons (Fsp3) is 0.556. The largest absolute Gasteiger partial charge is 0.379 e. The predicted octanol–water partition coefficient (Wildman–Crippen LogP) is 1.58. The molecule has 1 aromatic carbocycles. The third-order valence-electron chi connectivity index (χ3n) is 4.06. The summed E-state index contributed by atoms with van der Waals surface area (Å²) in [5.41, 5.74) is 2.18. The van der Waals surface area contributed by atoms with Crippen molar-refractivity contribution >= 4 is 50.8 Å². The summed E-state index contributed by atoms with van der Waals surface area (Å²) in [7, 11) is -1.26. The molecule has 8 nitrogen and oxygen atoms in total. The SMILES string of the molecule is CN=C(NCCCn1c(C)nc2ccccc21)NCCOCCS(C)(=O)=O.I. The lowest BCUT2D eigenvalue weighted by Crippen LogP contribution is -2.39. The van der Waals surface area contributed by atoms with Crippen LogP contribution in [-0.2, 0) is 21.1 Å². The molecule has 0 spiro atoms.